The van der Waals surface area contributed by atoms with Crippen LogP contribution in [0.1, 0.15) is 37.7 Å². The second kappa shape index (κ2) is 8.61. The second-order valence-corrected chi connectivity index (χ2v) is 9.01. The Balaban J connectivity index is 1.89. The lowest BCUT2D eigenvalue weighted by atomic mass is 9.88. The summed E-state index contributed by atoms with van der Waals surface area (Å²) in [5.74, 6) is 0.501. The van der Waals surface area contributed by atoms with Crippen LogP contribution in [0.4, 0.5) is 5.69 Å². The van der Waals surface area contributed by atoms with Crippen LogP contribution in [0.15, 0.2) is 53.6 Å². The first-order valence-electron chi connectivity index (χ1n) is 9.89. The molecular weight excluding hydrogens is 427 g/mol. The van der Waals surface area contributed by atoms with E-state index in [0.717, 1.165) is 42.6 Å². The fourth-order valence-electron chi connectivity index (χ4n) is 4.45. The molecule has 1 fully saturated rings. The lowest BCUT2D eigenvalue weighted by Crippen LogP contribution is -2.45. The van der Waals surface area contributed by atoms with Crippen LogP contribution in [0, 0.1) is 5.92 Å². The summed E-state index contributed by atoms with van der Waals surface area (Å²) in [6.07, 6.45) is 8.72. The van der Waals surface area contributed by atoms with E-state index in [1.807, 2.05) is 42.5 Å². The molecular formula is C23H22Cl3N2O+. The number of rotatable bonds is 5. The van der Waals surface area contributed by atoms with Crippen molar-refractivity contribution in [3.63, 3.8) is 0 Å². The van der Waals surface area contributed by atoms with E-state index in [-0.39, 0.29) is 4.59 Å². The van der Waals surface area contributed by atoms with Gasteiger partial charge >= 0.3 is 0 Å². The number of aldehydes is 1. The smallest absolute Gasteiger partial charge is 0.183 e. The lowest BCUT2D eigenvalue weighted by Gasteiger charge is -2.35. The molecule has 0 spiro atoms. The van der Waals surface area contributed by atoms with Crippen molar-refractivity contribution in [1.29, 1.82) is 0 Å². The molecule has 1 unspecified atom stereocenters. The largest absolute Gasteiger partial charge is 0.296 e. The molecule has 2 aliphatic rings. The van der Waals surface area contributed by atoms with Crippen LogP contribution < -0.4 is 4.59 Å². The Morgan fingerprint density at radius 2 is 1.66 bits per heavy atom. The molecule has 1 heterocycles. The molecule has 1 aliphatic heterocycles. The summed E-state index contributed by atoms with van der Waals surface area (Å²) in [6.45, 7) is 0.757. The van der Waals surface area contributed by atoms with Gasteiger partial charge < -0.3 is 0 Å². The van der Waals surface area contributed by atoms with Gasteiger partial charge in [-0.05, 0) is 49.2 Å². The maximum absolute atomic E-state index is 11.7. The highest BCUT2D eigenvalue weighted by molar-refractivity contribution is 6.38. The standard InChI is InChI=1S/C23H22Cl3N2O/c24-18-8-6-17(7-9-18)23-13-20(15-29)27-28(23,14-16-4-2-1-3-5-16)22-11-10-19(25)12-21(22)26/h6-13,15-16H,1-5,14H2/q+1. The quantitative estimate of drug-likeness (QED) is 0.353. The van der Waals surface area contributed by atoms with Gasteiger partial charge in [0, 0.05) is 33.7 Å². The van der Waals surface area contributed by atoms with Crippen LogP contribution in [-0.2, 0) is 4.79 Å². The first kappa shape index (κ1) is 20.6. The van der Waals surface area contributed by atoms with Crippen LogP contribution in [-0.4, -0.2) is 18.5 Å². The third kappa shape index (κ3) is 4.15. The van der Waals surface area contributed by atoms with E-state index in [9.17, 15) is 4.79 Å². The summed E-state index contributed by atoms with van der Waals surface area (Å²) in [5, 5.41) is 6.69. The van der Waals surface area contributed by atoms with Gasteiger partial charge in [-0.25, -0.2) is 0 Å². The Bertz CT molecular complexity index is 978. The van der Waals surface area contributed by atoms with E-state index in [1.165, 1.54) is 19.3 Å². The minimum Gasteiger partial charge on any atom is -0.296 e. The van der Waals surface area contributed by atoms with Gasteiger partial charge in [0.25, 0.3) is 0 Å². The zero-order chi connectivity index (χ0) is 20.4. The molecule has 0 radical (unpaired) electrons. The first-order valence-corrected chi connectivity index (χ1v) is 11.0. The summed E-state index contributed by atoms with van der Waals surface area (Å²) < 4.78 is 0.177. The highest BCUT2D eigenvalue weighted by atomic mass is 35.5. The minimum atomic E-state index is 0.177. The molecule has 0 N–H and O–H groups in total. The summed E-state index contributed by atoms with van der Waals surface area (Å²) in [4.78, 5) is 11.7. The van der Waals surface area contributed by atoms with Gasteiger partial charge in [-0.1, -0.05) is 59.2 Å². The number of nitrogens with zero attached hydrogens (tertiary/aromatic N) is 2. The Morgan fingerprint density at radius 3 is 2.31 bits per heavy atom. The van der Waals surface area contributed by atoms with Gasteiger partial charge in [0.05, 0.1) is 0 Å². The highest BCUT2D eigenvalue weighted by Crippen LogP contribution is 2.45. The van der Waals surface area contributed by atoms with Crippen LogP contribution in [0.3, 0.4) is 0 Å². The molecule has 0 amide bonds. The molecule has 0 saturated heterocycles. The second-order valence-electron chi connectivity index (χ2n) is 7.73. The van der Waals surface area contributed by atoms with Crippen molar-refractivity contribution in [2.75, 3.05) is 6.54 Å². The Labute approximate surface area is 186 Å². The monoisotopic (exact) mass is 447 g/mol. The van der Waals surface area contributed by atoms with E-state index in [4.69, 9.17) is 39.9 Å². The maximum Gasteiger partial charge on any atom is 0.183 e. The summed E-state index contributed by atoms with van der Waals surface area (Å²) >= 11 is 19.0. The van der Waals surface area contributed by atoms with Crippen molar-refractivity contribution in [3.8, 4) is 0 Å². The van der Waals surface area contributed by atoms with Gasteiger partial charge in [-0.3, -0.25) is 4.79 Å². The molecule has 29 heavy (non-hydrogen) atoms. The van der Waals surface area contributed by atoms with E-state index in [1.54, 1.807) is 6.07 Å². The topological polar surface area (TPSA) is 29.4 Å². The molecule has 6 heteroatoms. The van der Waals surface area contributed by atoms with E-state index in [2.05, 4.69) is 0 Å². The predicted molar refractivity (Wildman–Crippen MR) is 123 cm³/mol. The summed E-state index contributed by atoms with van der Waals surface area (Å²) in [7, 11) is 0. The fourth-order valence-corrected chi connectivity index (χ4v) is 5.12. The number of hydrogen-bond acceptors (Lipinski definition) is 2. The Morgan fingerprint density at radius 1 is 0.966 bits per heavy atom. The third-order valence-corrected chi connectivity index (χ3v) is 6.58. The molecule has 2 aromatic carbocycles. The number of carbonyl (C=O) groups is 1. The number of hydrogen-bond donors (Lipinski definition) is 0. The first-order chi connectivity index (χ1) is 14.0. The van der Waals surface area contributed by atoms with Crippen molar-refractivity contribution in [3.05, 3.63) is 69.2 Å². The molecule has 1 saturated carbocycles. The van der Waals surface area contributed by atoms with E-state index >= 15 is 0 Å². The number of allylic oxidation sites excluding steroid dienone is 1. The Kier molecular flexibility index (Phi) is 6.12. The zero-order valence-corrected chi connectivity index (χ0v) is 18.2. The molecule has 3 nitrogen and oxygen atoms in total. The third-order valence-electron chi connectivity index (χ3n) is 5.79. The Hall–Kier alpha value is -1.65. The molecule has 150 valence electrons. The van der Waals surface area contributed by atoms with Crippen LogP contribution in [0.2, 0.25) is 15.1 Å². The number of carbonyl (C=O) groups excluding carboxylic acids is 1. The highest BCUT2D eigenvalue weighted by Gasteiger charge is 2.45. The van der Waals surface area contributed by atoms with Crippen molar-refractivity contribution in [1.82, 2.24) is 4.59 Å². The van der Waals surface area contributed by atoms with Crippen molar-refractivity contribution < 1.29 is 4.79 Å². The number of benzene rings is 2. The van der Waals surface area contributed by atoms with E-state index in [0.29, 0.717) is 26.7 Å². The van der Waals surface area contributed by atoms with E-state index < -0.39 is 0 Å². The van der Waals surface area contributed by atoms with Gasteiger partial charge in [-0.2, -0.15) is 0 Å². The van der Waals surface area contributed by atoms with Gasteiger partial charge in [0.15, 0.2) is 23.4 Å². The molecule has 0 bridgehead atoms. The van der Waals surface area contributed by atoms with Crippen molar-refractivity contribution >= 4 is 58.2 Å². The van der Waals surface area contributed by atoms with Crippen molar-refractivity contribution in [2.24, 2.45) is 11.0 Å². The van der Waals surface area contributed by atoms with Crippen LogP contribution in [0.25, 0.3) is 5.70 Å². The van der Waals surface area contributed by atoms with Gasteiger partial charge in [0.2, 0.25) is 0 Å². The SMILES string of the molecule is O=CC1=N[N+](CC2CCCCC2)(c2ccc(Cl)cc2Cl)C(c2ccc(Cl)cc2)=C1. The minimum absolute atomic E-state index is 0.177. The average molecular weight is 449 g/mol. The lowest BCUT2D eigenvalue weighted by molar-refractivity contribution is -0.102. The number of quaternary nitrogens is 1. The number of halogens is 3. The predicted octanol–water partition coefficient (Wildman–Crippen LogP) is 7.14. The zero-order valence-electron chi connectivity index (χ0n) is 16.0. The maximum atomic E-state index is 11.7. The molecule has 1 atom stereocenters. The fraction of sp³-hybridized carbons (Fsp3) is 0.304. The summed E-state index contributed by atoms with van der Waals surface area (Å²) in [6, 6.07) is 13.1. The van der Waals surface area contributed by atoms with Gasteiger partial charge in [0.1, 0.15) is 11.6 Å². The molecule has 1 aliphatic carbocycles. The van der Waals surface area contributed by atoms with Crippen LogP contribution >= 0.6 is 34.8 Å². The van der Waals surface area contributed by atoms with Gasteiger partial charge in [-0.15, -0.1) is 4.59 Å². The normalized spacial score (nSPS) is 22.3. The average Bonchev–Trinajstić information content (AvgIpc) is 3.08. The van der Waals surface area contributed by atoms with Crippen molar-refractivity contribution in [2.45, 2.75) is 32.1 Å². The molecule has 0 aromatic heterocycles. The van der Waals surface area contributed by atoms with Crippen LogP contribution in [0.5, 0.6) is 0 Å². The molecule has 4 rings (SSSR count). The molecule has 2 aromatic rings. The summed E-state index contributed by atoms with van der Waals surface area (Å²) in [5.41, 5.74) is 3.15.